The van der Waals surface area contributed by atoms with E-state index < -0.39 is 5.60 Å². The normalized spacial score (nSPS) is 18.6. The number of aliphatic hydroxyl groups is 1. The molecule has 0 amide bonds. The van der Waals surface area contributed by atoms with Crippen molar-refractivity contribution in [3.8, 4) is 17.2 Å². The lowest BCUT2D eigenvalue weighted by molar-refractivity contribution is -0.0646. The molecule has 1 fully saturated rings. The van der Waals surface area contributed by atoms with Gasteiger partial charge in [-0.05, 0) is 54.8 Å². The van der Waals surface area contributed by atoms with Gasteiger partial charge in [0.1, 0.15) is 23.8 Å². The highest BCUT2D eigenvalue weighted by Gasteiger charge is 2.33. The Morgan fingerprint density at radius 1 is 1.17 bits per heavy atom. The van der Waals surface area contributed by atoms with Crippen LogP contribution in [-0.4, -0.2) is 71.8 Å². The number of methoxy groups -OCH3 is 1. The first kappa shape index (κ1) is 25.9. The first-order valence-corrected chi connectivity index (χ1v) is 12.1. The average molecular weight is 500 g/mol. The van der Waals surface area contributed by atoms with Gasteiger partial charge in [-0.1, -0.05) is 6.07 Å². The third-order valence-electron chi connectivity index (χ3n) is 6.09. The average Bonchev–Trinajstić information content (AvgIpc) is 3.32. The molecule has 0 saturated carbocycles. The maximum Gasteiger partial charge on any atom is 0.161 e. The molecule has 1 atom stereocenters. The van der Waals surface area contributed by atoms with E-state index in [0.717, 1.165) is 18.5 Å². The molecular weight excluding hydrogens is 465 g/mol. The molecule has 1 aliphatic heterocycles. The molecule has 0 spiro atoms. The number of hydrogen-bond acceptors (Lipinski definition) is 7. The number of nitrogens with zero attached hydrogens (tertiary/aromatic N) is 3. The second kappa shape index (κ2) is 12.2. The standard InChI is InChI=1S/C27H34FN3O5/c1-21-14-23(5-6-24(21)28)36-19-27(32)17-31(11-13-34-18-27)16-22-4-7-25(26(15-22)33-2)35-12-3-9-30-10-8-29-20-30/h4-8,10,14-15,20,32H,3,9,11-13,16-19H2,1-2H3/t27-/m1/s1. The number of aryl methyl sites for hydroxylation is 2. The SMILES string of the molecule is COc1cc(CN2CCOC[C@@](O)(COc3ccc(F)c(C)c3)C2)ccc1OCCCn1ccnc1. The molecule has 9 heteroatoms. The molecule has 0 unspecified atom stereocenters. The van der Waals surface area contributed by atoms with Crippen molar-refractivity contribution in [3.05, 3.63) is 72.1 Å². The second-order valence-electron chi connectivity index (χ2n) is 9.17. The first-order chi connectivity index (χ1) is 17.4. The van der Waals surface area contributed by atoms with Crippen LogP contribution in [0.15, 0.2) is 55.1 Å². The molecule has 4 rings (SSSR count). The molecule has 3 aromatic rings. The zero-order chi connectivity index (χ0) is 25.4. The van der Waals surface area contributed by atoms with Gasteiger partial charge in [0, 0.05) is 38.6 Å². The molecule has 0 bridgehead atoms. The minimum atomic E-state index is -1.19. The maximum absolute atomic E-state index is 13.5. The summed E-state index contributed by atoms with van der Waals surface area (Å²) in [6.45, 7) is 5.46. The lowest BCUT2D eigenvalue weighted by atomic mass is 10.1. The van der Waals surface area contributed by atoms with Crippen molar-refractivity contribution in [2.45, 2.75) is 32.0 Å². The summed E-state index contributed by atoms with van der Waals surface area (Å²) in [5.41, 5.74) is 0.344. The van der Waals surface area contributed by atoms with Gasteiger partial charge in [-0.2, -0.15) is 0 Å². The third kappa shape index (κ3) is 7.19. The minimum Gasteiger partial charge on any atom is -0.493 e. The zero-order valence-corrected chi connectivity index (χ0v) is 20.9. The van der Waals surface area contributed by atoms with E-state index in [-0.39, 0.29) is 19.0 Å². The van der Waals surface area contributed by atoms with Crippen LogP contribution in [-0.2, 0) is 17.8 Å². The monoisotopic (exact) mass is 499 g/mol. The van der Waals surface area contributed by atoms with Gasteiger partial charge in [0.15, 0.2) is 11.5 Å². The fraction of sp³-hybridized carbons (Fsp3) is 0.444. The number of halogens is 1. The van der Waals surface area contributed by atoms with Crippen molar-refractivity contribution in [1.82, 2.24) is 14.5 Å². The topological polar surface area (TPSA) is 78.2 Å². The van der Waals surface area contributed by atoms with E-state index in [1.54, 1.807) is 38.7 Å². The van der Waals surface area contributed by atoms with Crippen molar-refractivity contribution in [2.75, 3.05) is 46.6 Å². The van der Waals surface area contributed by atoms with Crippen LogP contribution in [0, 0.1) is 12.7 Å². The predicted octanol–water partition coefficient (Wildman–Crippen LogP) is 3.45. The number of rotatable bonds is 11. The summed E-state index contributed by atoms with van der Waals surface area (Å²) in [5, 5.41) is 11.2. The van der Waals surface area contributed by atoms with Gasteiger partial charge < -0.3 is 28.6 Å². The summed E-state index contributed by atoms with van der Waals surface area (Å²) in [6, 6.07) is 10.5. The smallest absolute Gasteiger partial charge is 0.161 e. The number of β-amino-alcohol motifs (C(OH)–C–C–N with tert-alkyl or cyclic N) is 1. The summed E-state index contributed by atoms with van der Waals surface area (Å²) in [7, 11) is 1.63. The first-order valence-electron chi connectivity index (χ1n) is 12.1. The Kier molecular flexibility index (Phi) is 8.79. The van der Waals surface area contributed by atoms with Crippen LogP contribution >= 0.6 is 0 Å². The van der Waals surface area contributed by atoms with Gasteiger partial charge in [0.25, 0.3) is 0 Å². The van der Waals surface area contributed by atoms with Crippen LogP contribution in [0.3, 0.4) is 0 Å². The molecular formula is C27H34FN3O5. The number of ether oxygens (including phenoxy) is 4. The van der Waals surface area contributed by atoms with Gasteiger partial charge in [0.05, 0.1) is 33.3 Å². The van der Waals surface area contributed by atoms with Gasteiger partial charge >= 0.3 is 0 Å². The van der Waals surface area contributed by atoms with E-state index in [9.17, 15) is 9.50 Å². The van der Waals surface area contributed by atoms with E-state index in [1.807, 2.05) is 29.0 Å². The summed E-state index contributed by atoms with van der Waals surface area (Å²) < 4.78 is 38.5. The van der Waals surface area contributed by atoms with Gasteiger partial charge in [-0.25, -0.2) is 9.37 Å². The van der Waals surface area contributed by atoms with Crippen LogP contribution in [0.5, 0.6) is 17.2 Å². The Morgan fingerprint density at radius 2 is 2.06 bits per heavy atom. The highest BCUT2D eigenvalue weighted by Crippen LogP contribution is 2.29. The van der Waals surface area contributed by atoms with Crippen molar-refractivity contribution >= 4 is 0 Å². The predicted molar refractivity (Wildman–Crippen MR) is 133 cm³/mol. The van der Waals surface area contributed by atoms with E-state index >= 15 is 0 Å². The van der Waals surface area contributed by atoms with Gasteiger partial charge in [0.2, 0.25) is 0 Å². The number of hydrogen-bond donors (Lipinski definition) is 1. The molecule has 1 aliphatic rings. The van der Waals surface area contributed by atoms with Crippen molar-refractivity contribution in [2.24, 2.45) is 0 Å². The lowest BCUT2D eigenvalue weighted by Crippen LogP contribution is -2.48. The minimum absolute atomic E-state index is 0.0454. The molecule has 0 radical (unpaired) electrons. The molecule has 36 heavy (non-hydrogen) atoms. The van der Waals surface area contributed by atoms with Crippen molar-refractivity contribution < 1.29 is 28.4 Å². The van der Waals surface area contributed by atoms with Crippen LogP contribution in [0.1, 0.15) is 17.5 Å². The summed E-state index contributed by atoms with van der Waals surface area (Å²) in [6.07, 6.45) is 6.34. The summed E-state index contributed by atoms with van der Waals surface area (Å²) in [4.78, 5) is 6.18. The van der Waals surface area contributed by atoms with E-state index in [0.29, 0.717) is 55.7 Å². The zero-order valence-electron chi connectivity index (χ0n) is 20.9. The van der Waals surface area contributed by atoms with Crippen LogP contribution < -0.4 is 14.2 Å². The van der Waals surface area contributed by atoms with Crippen LogP contribution in [0.25, 0.3) is 0 Å². The van der Waals surface area contributed by atoms with E-state index in [4.69, 9.17) is 18.9 Å². The summed E-state index contributed by atoms with van der Waals surface area (Å²) in [5.74, 6) is 1.60. The molecule has 0 aliphatic carbocycles. The fourth-order valence-electron chi connectivity index (χ4n) is 4.18. The molecule has 2 heterocycles. The summed E-state index contributed by atoms with van der Waals surface area (Å²) >= 11 is 0. The molecule has 1 N–H and O–H groups in total. The molecule has 8 nitrogen and oxygen atoms in total. The second-order valence-corrected chi connectivity index (χ2v) is 9.17. The molecule has 1 aromatic heterocycles. The molecule has 1 saturated heterocycles. The van der Waals surface area contributed by atoms with Crippen molar-refractivity contribution in [1.29, 1.82) is 0 Å². The van der Waals surface area contributed by atoms with E-state index in [1.165, 1.54) is 6.07 Å². The largest absolute Gasteiger partial charge is 0.493 e. The van der Waals surface area contributed by atoms with Gasteiger partial charge in [-0.3, -0.25) is 4.90 Å². The Labute approximate surface area is 211 Å². The van der Waals surface area contributed by atoms with Crippen LogP contribution in [0.2, 0.25) is 0 Å². The Bertz CT molecular complexity index is 1110. The van der Waals surface area contributed by atoms with E-state index in [2.05, 4.69) is 9.88 Å². The Hall–Kier alpha value is -3.14. The highest BCUT2D eigenvalue weighted by molar-refractivity contribution is 5.43. The molecule has 194 valence electrons. The number of aromatic nitrogens is 2. The van der Waals surface area contributed by atoms with Crippen LogP contribution in [0.4, 0.5) is 4.39 Å². The fourth-order valence-corrected chi connectivity index (χ4v) is 4.18. The maximum atomic E-state index is 13.5. The van der Waals surface area contributed by atoms with Gasteiger partial charge in [-0.15, -0.1) is 0 Å². The lowest BCUT2D eigenvalue weighted by Gasteiger charge is -2.30. The Morgan fingerprint density at radius 3 is 2.83 bits per heavy atom. The quantitative estimate of drug-likeness (QED) is 0.405. The third-order valence-corrected chi connectivity index (χ3v) is 6.09. The van der Waals surface area contributed by atoms with Crippen molar-refractivity contribution in [3.63, 3.8) is 0 Å². The molecule has 2 aromatic carbocycles. The number of imidazole rings is 1. The number of benzene rings is 2. The Balaban J connectivity index is 1.32. The highest BCUT2D eigenvalue weighted by atomic mass is 19.1.